The van der Waals surface area contributed by atoms with Crippen molar-refractivity contribution < 1.29 is 9.90 Å². The van der Waals surface area contributed by atoms with E-state index in [0.717, 1.165) is 0 Å². The first-order valence-electron chi connectivity index (χ1n) is 7.25. The average Bonchev–Trinajstić information content (AvgIpc) is 2.74. The van der Waals surface area contributed by atoms with Gasteiger partial charge in [-0.15, -0.1) is 0 Å². The van der Waals surface area contributed by atoms with Crippen LogP contribution in [0.5, 0.6) is 0 Å². The van der Waals surface area contributed by atoms with Gasteiger partial charge in [0.2, 0.25) is 0 Å². The summed E-state index contributed by atoms with van der Waals surface area (Å²) in [6.45, 7) is 12.2. The van der Waals surface area contributed by atoms with E-state index in [9.17, 15) is 9.90 Å². The molecule has 1 aromatic rings. The van der Waals surface area contributed by atoms with Crippen LogP contribution in [0.15, 0.2) is 12.4 Å². The Bertz CT molecular complexity index is 469. The van der Waals surface area contributed by atoms with Crippen molar-refractivity contribution in [2.45, 2.75) is 59.5 Å². The van der Waals surface area contributed by atoms with Gasteiger partial charge in [-0.2, -0.15) is 5.10 Å². The van der Waals surface area contributed by atoms with Crippen LogP contribution in [0.25, 0.3) is 0 Å². The lowest BCUT2D eigenvalue weighted by molar-refractivity contribution is 0.196. The Balaban J connectivity index is 2.59. The highest BCUT2D eigenvalue weighted by molar-refractivity contribution is 5.89. The lowest BCUT2D eigenvalue weighted by Crippen LogP contribution is -2.42. The van der Waals surface area contributed by atoms with Crippen LogP contribution in [-0.4, -0.2) is 33.6 Å². The number of amides is 2. The van der Waals surface area contributed by atoms with Crippen LogP contribution < -0.4 is 10.6 Å². The zero-order valence-electron chi connectivity index (χ0n) is 13.9. The Morgan fingerprint density at radius 3 is 2.38 bits per heavy atom. The number of hydrogen-bond donors (Lipinski definition) is 3. The molecule has 1 unspecified atom stereocenters. The molecule has 0 aliphatic rings. The molecular formula is C15H28N4O2. The molecule has 1 rings (SSSR count). The van der Waals surface area contributed by atoms with Crippen molar-refractivity contribution in [3.05, 3.63) is 12.4 Å². The number of aromatic nitrogens is 2. The SMILES string of the molecule is CC(C)(C)CC(CO)NC(=O)Nc1cnn(C(C)(C)C)c1. The van der Waals surface area contributed by atoms with Crippen LogP contribution in [0, 0.1) is 5.41 Å². The van der Waals surface area contributed by atoms with Gasteiger partial charge in [0.05, 0.1) is 30.1 Å². The largest absolute Gasteiger partial charge is 0.394 e. The molecule has 6 nitrogen and oxygen atoms in total. The van der Waals surface area contributed by atoms with Gasteiger partial charge >= 0.3 is 6.03 Å². The summed E-state index contributed by atoms with van der Waals surface area (Å²) < 4.78 is 1.79. The van der Waals surface area contributed by atoms with Crippen molar-refractivity contribution in [2.24, 2.45) is 5.41 Å². The second-order valence-electron chi connectivity index (χ2n) is 7.59. The maximum Gasteiger partial charge on any atom is 0.319 e. The van der Waals surface area contributed by atoms with E-state index in [1.807, 2.05) is 20.8 Å². The maximum atomic E-state index is 12.0. The van der Waals surface area contributed by atoms with E-state index in [1.165, 1.54) is 0 Å². The van der Waals surface area contributed by atoms with Crippen molar-refractivity contribution in [3.8, 4) is 0 Å². The van der Waals surface area contributed by atoms with E-state index < -0.39 is 0 Å². The molecule has 1 aromatic heterocycles. The van der Waals surface area contributed by atoms with Gasteiger partial charge in [-0.1, -0.05) is 20.8 Å². The molecule has 0 aliphatic heterocycles. The molecule has 120 valence electrons. The molecule has 0 aliphatic carbocycles. The van der Waals surface area contributed by atoms with Gasteiger partial charge in [-0.3, -0.25) is 4.68 Å². The van der Waals surface area contributed by atoms with Gasteiger partial charge in [0.15, 0.2) is 0 Å². The van der Waals surface area contributed by atoms with Gasteiger partial charge in [0, 0.05) is 6.20 Å². The summed E-state index contributed by atoms with van der Waals surface area (Å²) >= 11 is 0. The molecule has 6 heteroatoms. The lowest BCUT2D eigenvalue weighted by Gasteiger charge is -2.25. The summed E-state index contributed by atoms with van der Waals surface area (Å²) in [4.78, 5) is 12.0. The molecule has 0 saturated heterocycles. The van der Waals surface area contributed by atoms with Crippen LogP contribution >= 0.6 is 0 Å². The lowest BCUT2D eigenvalue weighted by atomic mass is 9.88. The Labute approximate surface area is 126 Å². The molecule has 2 amide bonds. The molecule has 1 heterocycles. The number of carbonyl (C=O) groups is 1. The summed E-state index contributed by atoms with van der Waals surface area (Å²) in [7, 11) is 0. The van der Waals surface area contributed by atoms with E-state index >= 15 is 0 Å². The summed E-state index contributed by atoms with van der Waals surface area (Å²) in [5, 5.41) is 19.1. The highest BCUT2D eigenvalue weighted by atomic mass is 16.3. The molecule has 0 spiro atoms. The van der Waals surface area contributed by atoms with Gasteiger partial charge in [0.1, 0.15) is 0 Å². The second kappa shape index (κ2) is 6.47. The Hall–Kier alpha value is -1.56. The van der Waals surface area contributed by atoms with Crippen LogP contribution in [-0.2, 0) is 5.54 Å². The van der Waals surface area contributed by atoms with E-state index in [4.69, 9.17) is 0 Å². The number of rotatable bonds is 4. The molecule has 0 saturated carbocycles. The third-order valence-electron chi connectivity index (χ3n) is 2.94. The first-order chi connectivity index (χ1) is 9.51. The quantitative estimate of drug-likeness (QED) is 0.799. The molecule has 0 radical (unpaired) electrons. The average molecular weight is 296 g/mol. The normalized spacial score (nSPS) is 13.9. The fraction of sp³-hybridized carbons (Fsp3) is 0.733. The van der Waals surface area contributed by atoms with Crippen molar-refractivity contribution >= 4 is 11.7 Å². The first kappa shape index (κ1) is 17.5. The predicted molar refractivity (Wildman–Crippen MR) is 84.3 cm³/mol. The molecule has 0 fully saturated rings. The molecular weight excluding hydrogens is 268 g/mol. The van der Waals surface area contributed by atoms with Crippen LogP contribution in [0.3, 0.4) is 0 Å². The van der Waals surface area contributed by atoms with Crippen molar-refractivity contribution in [3.63, 3.8) is 0 Å². The summed E-state index contributed by atoms with van der Waals surface area (Å²) in [5.74, 6) is 0. The number of nitrogens with zero attached hydrogens (tertiary/aromatic N) is 2. The Morgan fingerprint density at radius 2 is 1.95 bits per heavy atom. The van der Waals surface area contributed by atoms with Gasteiger partial charge in [-0.05, 0) is 32.6 Å². The first-order valence-corrected chi connectivity index (χ1v) is 7.25. The highest BCUT2D eigenvalue weighted by Gasteiger charge is 2.20. The van der Waals surface area contributed by atoms with Gasteiger partial charge < -0.3 is 15.7 Å². The molecule has 0 aromatic carbocycles. The van der Waals surface area contributed by atoms with Gasteiger partial charge in [0.25, 0.3) is 0 Å². The number of urea groups is 1. The van der Waals surface area contributed by atoms with E-state index in [-0.39, 0.29) is 29.6 Å². The molecule has 21 heavy (non-hydrogen) atoms. The number of nitrogens with one attached hydrogen (secondary N) is 2. The Morgan fingerprint density at radius 1 is 1.33 bits per heavy atom. The van der Waals surface area contributed by atoms with Crippen LogP contribution in [0.4, 0.5) is 10.5 Å². The standard InChI is InChI=1S/C15H28N4O2/c1-14(2,3)7-11(10-20)17-13(21)18-12-8-16-19(9-12)15(4,5)6/h8-9,11,20H,7,10H2,1-6H3,(H2,17,18,21). The fourth-order valence-electron chi connectivity index (χ4n) is 2.01. The number of anilines is 1. The molecule has 3 N–H and O–H groups in total. The second-order valence-corrected chi connectivity index (χ2v) is 7.59. The third-order valence-corrected chi connectivity index (χ3v) is 2.94. The van der Waals surface area contributed by atoms with Gasteiger partial charge in [-0.25, -0.2) is 4.79 Å². The van der Waals surface area contributed by atoms with Crippen molar-refractivity contribution in [2.75, 3.05) is 11.9 Å². The predicted octanol–water partition coefficient (Wildman–Crippen LogP) is 2.56. The zero-order chi connectivity index (χ0) is 16.3. The minimum atomic E-state index is -0.327. The topological polar surface area (TPSA) is 79.2 Å². The monoisotopic (exact) mass is 296 g/mol. The smallest absolute Gasteiger partial charge is 0.319 e. The minimum absolute atomic E-state index is 0.0395. The number of carbonyl (C=O) groups excluding carboxylic acids is 1. The van der Waals surface area contributed by atoms with E-state index in [1.54, 1.807) is 17.1 Å². The van der Waals surface area contributed by atoms with Crippen LogP contribution in [0.1, 0.15) is 48.0 Å². The maximum absolute atomic E-state index is 12.0. The number of aliphatic hydroxyl groups excluding tert-OH is 1. The van der Waals surface area contributed by atoms with Crippen molar-refractivity contribution in [1.29, 1.82) is 0 Å². The number of hydrogen-bond acceptors (Lipinski definition) is 3. The number of aliphatic hydroxyl groups is 1. The van der Waals surface area contributed by atoms with Crippen LogP contribution in [0.2, 0.25) is 0 Å². The minimum Gasteiger partial charge on any atom is -0.394 e. The third kappa shape index (κ3) is 6.16. The summed E-state index contributed by atoms with van der Waals surface area (Å²) in [6, 6.07) is -0.588. The summed E-state index contributed by atoms with van der Waals surface area (Å²) in [5.41, 5.74) is 0.545. The fourth-order valence-corrected chi connectivity index (χ4v) is 2.01. The van der Waals surface area contributed by atoms with E-state index in [0.29, 0.717) is 12.1 Å². The van der Waals surface area contributed by atoms with Crippen molar-refractivity contribution in [1.82, 2.24) is 15.1 Å². The summed E-state index contributed by atoms with van der Waals surface area (Å²) in [6.07, 6.45) is 4.11. The Kier molecular flexibility index (Phi) is 5.39. The highest BCUT2D eigenvalue weighted by Crippen LogP contribution is 2.20. The molecule has 0 bridgehead atoms. The molecule has 1 atom stereocenters. The van der Waals surface area contributed by atoms with E-state index in [2.05, 4.69) is 36.5 Å². The zero-order valence-corrected chi connectivity index (χ0v) is 13.9.